The summed E-state index contributed by atoms with van der Waals surface area (Å²) in [5.74, 6) is -1.72. The first kappa shape index (κ1) is 9.31. The molecule has 0 saturated carbocycles. The first-order valence-corrected chi connectivity index (χ1v) is 3.64. The fourth-order valence-corrected chi connectivity index (χ4v) is 0.936. The van der Waals surface area contributed by atoms with E-state index in [1.807, 2.05) is 0 Å². The highest BCUT2D eigenvalue weighted by molar-refractivity contribution is 9.10. The quantitative estimate of drug-likeness (QED) is 0.768. The summed E-state index contributed by atoms with van der Waals surface area (Å²) in [6, 6.07) is 0.582. The lowest BCUT2D eigenvalue weighted by atomic mass is 10.3. The molecule has 1 heterocycles. The number of hydrogen-bond donors (Lipinski definition) is 1. The molecule has 0 aliphatic heterocycles. The lowest BCUT2D eigenvalue weighted by Gasteiger charge is -2.02. The van der Waals surface area contributed by atoms with Crippen molar-refractivity contribution in [3.8, 4) is 5.75 Å². The van der Waals surface area contributed by atoms with Gasteiger partial charge in [0.2, 0.25) is 0 Å². The predicted molar refractivity (Wildman–Crippen MR) is 38.5 cm³/mol. The molecule has 0 radical (unpaired) electrons. The van der Waals surface area contributed by atoms with Gasteiger partial charge >= 0.3 is 0 Å². The molecule has 12 heavy (non-hydrogen) atoms. The van der Waals surface area contributed by atoms with Gasteiger partial charge in [-0.3, -0.25) is 0 Å². The van der Waals surface area contributed by atoms with Gasteiger partial charge in [0, 0.05) is 6.07 Å². The first-order valence-electron chi connectivity index (χ1n) is 2.85. The topological polar surface area (TPSA) is 33.1 Å². The molecule has 1 aromatic heterocycles. The van der Waals surface area contributed by atoms with Gasteiger partial charge in [-0.05, 0) is 15.9 Å². The molecule has 1 aromatic rings. The predicted octanol–water partition coefficient (Wildman–Crippen LogP) is 2.63. The minimum absolute atomic E-state index is 0.337. The number of halogens is 4. The zero-order valence-electron chi connectivity index (χ0n) is 5.56. The van der Waals surface area contributed by atoms with E-state index >= 15 is 0 Å². The van der Waals surface area contributed by atoms with E-state index in [0.29, 0.717) is 6.07 Å². The third-order valence-corrected chi connectivity index (χ3v) is 1.70. The van der Waals surface area contributed by atoms with Gasteiger partial charge in [0.25, 0.3) is 6.43 Å². The summed E-state index contributed by atoms with van der Waals surface area (Å²) in [4.78, 5) is 3.11. The van der Waals surface area contributed by atoms with E-state index in [0.717, 1.165) is 0 Å². The van der Waals surface area contributed by atoms with Crippen LogP contribution in [0.25, 0.3) is 0 Å². The molecule has 0 unspecified atom stereocenters. The van der Waals surface area contributed by atoms with Crippen molar-refractivity contribution in [3.05, 3.63) is 22.2 Å². The second-order valence-electron chi connectivity index (χ2n) is 1.97. The maximum absolute atomic E-state index is 12.5. The van der Waals surface area contributed by atoms with Crippen LogP contribution in [-0.2, 0) is 0 Å². The van der Waals surface area contributed by atoms with Crippen molar-refractivity contribution in [2.75, 3.05) is 0 Å². The molecule has 0 bridgehead atoms. The monoisotopic (exact) mass is 241 g/mol. The second kappa shape index (κ2) is 3.30. The fourth-order valence-electron chi connectivity index (χ4n) is 0.631. The summed E-state index contributed by atoms with van der Waals surface area (Å²) in [5.41, 5.74) is -0.830. The lowest BCUT2D eigenvalue weighted by Crippen LogP contribution is -1.93. The van der Waals surface area contributed by atoms with E-state index in [1.165, 1.54) is 0 Å². The summed E-state index contributed by atoms with van der Waals surface area (Å²) < 4.78 is 36.1. The summed E-state index contributed by atoms with van der Waals surface area (Å²) >= 11 is 2.62. The summed E-state index contributed by atoms with van der Waals surface area (Å²) in [7, 11) is 0. The molecule has 0 saturated heterocycles. The van der Waals surface area contributed by atoms with Gasteiger partial charge in [-0.1, -0.05) is 0 Å². The minimum atomic E-state index is -2.91. The molecule has 0 fully saturated rings. The van der Waals surface area contributed by atoms with Crippen LogP contribution in [0.5, 0.6) is 5.75 Å². The van der Waals surface area contributed by atoms with Gasteiger partial charge in [-0.2, -0.15) is 0 Å². The molecular weight excluding hydrogens is 239 g/mol. The van der Waals surface area contributed by atoms with Crippen LogP contribution >= 0.6 is 15.9 Å². The Bertz CT molecular complexity index is 305. The maximum atomic E-state index is 12.5. The molecule has 1 rings (SSSR count). The maximum Gasteiger partial charge on any atom is 0.284 e. The Kier molecular flexibility index (Phi) is 2.56. The van der Waals surface area contributed by atoms with Crippen LogP contribution in [0.1, 0.15) is 12.1 Å². The highest BCUT2D eigenvalue weighted by atomic mass is 79.9. The average molecular weight is 242 g/mol. The van der Waals surface area contributed by atoms with Crippen molar-refractivity contribution >= 4 is 15.9 Å². The van der Waals surface area contributed by atoms with Crippen LogP contribution in [0.15, 0.2) is 10.7 Å². The first-order chi connectivity index (χ1) is 5.52. The normalized spacial score (nSPS) is 10.8. The molecule has 0 amide bonds. The number of aromatic hydroxyl groups is 1. The SMILES string of the molecule is Oc1cc(F)c(Br)nc1C(F)F. The summed E-state index contributed by atoms with van der Waals surface area (Å²) in [5, 5.41) is 8.78. The third-order valence-electron chi connectivity index (χ3n) is 1.15. The van der Waals surface area contributed by atoms with E-state index in [2.05, 4.69) is 20.9 Å². The van der Waals surface area contributed by atoms with Gasteiger partial charge in [0.1, 0.15) is 16.0 Å². The van der Waals surface area contributed by atoms with Crippen LogP contribution in [0, 0.1) is 5.82 Å². The molecule has 0 aliphatic carbocycles. The molecule has 66 valence electrons. The largest absolute Gasteiger partial charge is 0.506 e. The van der Waals surface area contributed by atoms with E-state index in [-0.39, 0.29) is 4.60 Å². The number of aromatic nitrogens is 1. The van der Waals surface area contributed by atoms with E-state index in [4.69, 9.17) is 5.11 Å². The van der Waals surface area contributed by atoms with Crippen molar-refractivity contribution < 1.29 is 18.3 Å². The van der Waals surface area contributed by atoms with Gasteiger partial charge < -0.3 is 5.11 Å². The van der Waals surface area contributed by atoms with Gasteiger partial charge in [-0.15, -0.1) is 0 Å². The number of alkyl halides is 2. The standard InChI is InChI=1S/C6H3BrF3NO/c7-5-2(8)1-3(12)4(11-5)6(9)10/h1,6,12H. The molecule has 6 heteroatoms. The van der Waals surface area contributed by atoms with Gasteiger partial charge in [-0.25, -0.2) is 18.2 Å². The highest BCUT2D eigenvalue weighted by Crippen LogP contribution is 2.29. The van der Waals surface area contributed by atoms with Crippen molar-refractivity contribution in [2.45, 2.75) is 6.43 Å². The molecule has 1 N–H and O–H groups in total. The zero-order chi connectivity index (χ0) is 9.30. The molecule has 0 spiro atoms. The Morgan fingerprint density at radius 1 is 1.50 bits per heavy atom. The molecule has 2 nitrogen and oxygen atoms in total. The van der Waals surface area contributed by atoms with Crippen LogP contribution < -0.4 is 0 Å². The lowest BCUT2D eigenvalue weighted by molar-refractivity contribution is 0.141. The zero-order valence-corrected chi connectivity index (χ0v) is 7.15. The number of nitrogens with zero attached hydrogens (tertiary/aromatic N) is 1. The Balaban J connectivity index is 3.23. The average Bonchev–Trinajstić information content (AvgIpc) is 1.96. The van der Waals surface area contributed by atoms with Crippen LogP contribution in [0.4, 0.5) is 13.2 Å². The smallest absolute Gasteiger partial charge is 0.284 e. The van der Waals surface area contributed by atoms with Crippen molar-refractivity contribution in [3.63, 3.8) is 0 Å². The second-order valence-corrected chi connectivity index (χ2v) is 2.72. The Morgan fingerprint density at radius 2 is 2.08 bits per heavy atom. The van der Waals surface area contributed by atoms with E-state index < -0.39 is 23.7 Å². The number of pyridine rings is 1. The molecular formula is C6H3BrF3NO. The van der Waals surface area contributed by atoms with Gasteiger partial charge in [0.05, 0.1) is 0 Å². The molecule has 0 aromatic carbocycles. The number of hydrogen-bond acceptors (Lipinski definition) is 2. The number of rotatable bonds is 1. The Labute approximate surface area is 74.2 Å². The summed E-state index contributed by atoms with van der Waals surface area (Å²) in [6.45, 7) is 0. The summed E-state index contributed by atoms with van der Waals surface area (Å²) in [6.07, 6.45) is -2.91. The van der Waals surface area contributed by atoms with Crippen LogP contribution in [0.3, 0.4) is 0 Å². The van der Waals surface area contributed by atoms with Crippen molar-refractivity contribution in [1.29, 1.82) is 0 Å². The van der Waals surface area contributed by atoms with Crippen LogP contribution in [-0.4, -0.2) is 10.1 Å². The molecule has 0 atom stereocenters. The Hall–Kier alpha value is -0.780. The molecule has 0 aliphatic rings. The van der Waals surface area contributed by atoms with E-state index in [1.54, 1.807) is 0 Å². The van der Waals surface area contributed by atoms with Crippen molar-refractivity contribution in [2.24, 2.45) is 0 Å². The Morgan fingerprint density at radius 3 is 2.58 bits per heavy atom. The third kappa shape index (κ3) is 1.69. The minimum Gasteiger partial charge on any atom is -0.506 e. The van der Waals surface area contributed by atoms with Crippen LogP contribution in [0.2, 0.25) is 0 Å². The highest BCUT2D eigenvalue weighted by Gasteiger charge is 2.17. The van der Waals surface area contributed by atoms with Crippen molar-refractivity contribution in [1.82, 2.24) is 4.98 Å². The van der Waals surface area contributed by atoms with E-state index in [9.17, 15) is 13.2 Å². The van der Waals surface area contributed by atoms with Gasteiger partial charge in [0.15, 0.2) is 5.82 Å². The fraction of sp³-hybridized carbons (Fsp3) is 0.167.